The van der Waals surface area contributed by atoms with Gasteiger partial charge >= 0.3 is 0 Å². The summed E-state index contributed by atoms with van der Waals surface area (Å²) in [5, 5.41) is 0. The van der Waals surface area contributed by atoms with Crippen molar-refractivity contribution in [1.29, 1.82) is 0 Å². The van der Waals surface area contributed by atoms with Crippen LogP contribution in [0.5, 0.6) is 0 Å². The molecule has 0 aliphatic carbocycles. The number of hydrogen-bond acceptors (Lipinski definition) is 1. The van der Waals surface area contributed by atoms with Crippen LogP contribution >= 0.6 is 11.6 Å². The summed E-state index contributed by atoms with van der Waals surface area (Å²) in [6.07, 6.45) is 0. The van der Waals surface area contributed by atoms with Gasteiger partial charge in [-0.2, -0.15) is 0 Å². The molecular weight excluding hydrogens is 203 g/mol. The van der Waals surface area contributed by atoms with E-state index in [1.165, 1.54) is 6.07 Å². The van der Waals surface area contributed by atoms with Gasteiger partial charge < -0.3 is 4.74 Å². The molecule has 1 aromatic carbocycles. The highest BCUT2D eigenvalue weighted by atomic mass is 35.5. The highest BCUT2D eigenvalue weighted by molar-refractivity contribution is 6.18. The fourth-order valence-electron chi connectivity index (χ4n) is 1.64. The summed E-state index contributed by atoms with van der Waals surface area (Å²) in [6.45, 7) is 3.05. The van der Waals surface area contributed by atoms with Crippen LogP contribution in [-0.4, -0.2) is 19.1 Å². The summed E-state index contributed by atoms with van der Waals surface area (Å²) in [4.78, 5) is 0. The number of ether oxygens (including phenoxy) is 1. The summed E-state index contributed by atoms with van der Waals surface area (Å²) >= 11 is 5.91. The number of aryl methyl sites for hydroxylation is 1. The molecule has 0 amide bonds. The minimum atomic E-state index is -0.168. The Balaban J connectivity index is 2.36. The van der Waals surface area contributed by atoms with Crippen LogP contribution in [0.25, 0.3) is 0 Å². The lowest BCUT2D eigenvalue weighted by Crippen LogP contribution is -2.48. The average Bonchev–Trinajstić information content (AvgIpc) is 2.10. The molecule has 76 valence electrons. The van der Waals surface area contributed by atoms with E-state index in [1.807, 2.05) is 6.07 Å². The minimum absolute atomic E-state index is 0.0833. The maximum absolute atomic E-state index is 13.0. The van der Waals surface area contributed by atoms with Crippen molar-refractivity contribution in [3.63, 3.8) is 0 Å². The van der Waals surface area contributed by atoms with Crippen molar-refractivity contribution in [3.05, 3.63) is 35.1 Å². The zero-order valence-corrected chi connectivity index (χ0v) is 8.77. The largest absolute Gasteiger partial charge is 0.379 e. The standard InChI is InChI=1S/C11H12ClFO/c1-8-4-9(2-3-10(8)13)11(5-12)6-14-7-11/h2-4H,5-7H2,1H3. The van der Waals surface area contributed by atoms with Crippen molar-refractivity contribution >= 4 is 11.6 Å². The summed E-state index contributed by atoms with van der Waals surface area (Å²) < 4.78 is 18.2. The first-order chi connectivity index (χ1) is 6.68. The summed E-state index contributed by atoms with van der Waals surface area (Å²) in [6, 6.07) is 5.16. The van der Waals surface area contributed by atoms with Gasteiger partial charge in [0, 0.05) is 5.88 Å². The molecule has 3 heteroatoms. The monoisotopic (exact) mass is 214 g/mol. The summed E-state index contributed by atoms with van der Waals surface area (Å²) in [7, 11) is 0. The quantitative estimate of drug-likeness (QED) is 0.688. The predicted octanol–water partition coefficient (Wildman–Crippen LogP) is 2.64. The molecule has 0 radical (unpaired) electrons. The second-order valence-corrected chi connectivity index (χ2v) is 4.14. The molecule has 1 heterocycles. The van der Waals surface area contributed by atoms with Crippen LogP contribution in [0.15, 0.2) is 18.2 Å². The van der Waals surface area contributed by atoms with Gasteiger partial charge in [0.2, 0.25) is 0 Å². The van der Waals surface area contributed by atoms with Gasteiger partial charge in [0.25, 0.3) is 0 Å². The molecule has 0 spiro atoms. The van der Waals surface area contributed by atoms with Crippen molar-refractivity contribution in [3.8, 4) is 0 Å². The Morgan fingerprint density at radius 1 is 1.50 bits per heavy atom. The van der Waals surface area contributed by atoms with Crippen LogP contribution in [0, 0.1) is 12.7 Å². The topological polar surface area (TPSA) is 9.23 Å². The molecule has 0 saturated carbocycles. The number of rotatable bonds is 2. The van der Waals surface area contributed by atoms with Gasteiger partial charge in [-0.15, -0.1) is 11.6 Å². The van der Waals surface area contributed by atoms with E-state index in [1.54, 1.807) is 13.0 Å². The third-order valence-corrected chi connectivity index (χ3v) is 3.29. The zero-order valence-electron chi connectivity index (χ0n) is 8.02. The van der Waals surface area contributed by atoms with E-state index in [4.69, 9.17) is 16.3 Å². The fourth-order valence-corrected chi connectivity index (χ4v) is 1.95. The average molecular weight is 215 g/mol. The third-order valence-electron chi connectivity index (χ3n) is 2.78. The number of halogens is 2. The lowest BCUT2D eigenvalue weighted by molar-refractivity contribution is -0.0480. The Labute approximate surface area is 87.8 Å². The molecule has 1 saturated heterocycles. The first-order valence-corrected chi connectivity index (χ1v) is 5.12. The Morgan fingerprint density at radius 3 is 2.64 bits per heavy atom. The molecule has 0 bridgehead atoms. The van der Waals surface area contributed by atoms with E-state index in [0.29, 0.717) is 24.7 Å². The van der Waals surface area contributed by atoms with Crippen molar-refractivity contribution in [2.45, 2.75) is 12.3 Å². The maximum atomic E-state index is 13.0. The SMILES string of the molecule is Cc1cc(C2(CCl)COC2)ccc1F. The molecule has 0 unspecified atom stereocenters. The van der Waals surface area contributed by atoms with Gasteiger partial charge in [-0.25, -0.2) is 4.39 Å². The van der Waals surface area contributed by atoms with Crippen LogP contribution < -0.4 is 0 Å². The highest BCUT2D eigenvalue weighted by Gasteiger charge is 2.39. The minimum Gasteiger partial charge on any atom is -0.379 e. The molecule has 2 rings (SSSR count). The Hall–Kier alpha value is -0.600. The lowest BCUT2D eigenvalue weighted by Gasteiger charge is -2.40. The van der Waals surface area contributed by atoms with E-state index in [-0.39, 0.29) is 11.2 Å². The molecule has 1 fully saturated rings. The molecular formula is C11H12ClFO. The molecule has 1 aliphatic rings. The molecule has 0 N–H and O–H groups in total. The molecule has 1 aromatic rings. The van der Waals surface area contributed by atoms with Crippen molar-refractivity contribution < 1.29 is 9.13 Å². The van der Waals surface area contributed by atoms with E-state index < -0.39 is 0 Å². The van der Waals surface area contributed by atoms with Gasteiger partial charge in [-0.3, -0.25) is 0 Å². The van der Waals surface area contributed by atoms with Crippen LogP contribution in [0.3, 0.4) is 0 Å². The van der Waals surface area contributed by atoms with E-state index in [2.05, 4.69) is 0 Å². The molecule has 1 aliphatic heterocycles. The number of benzene rings is 1. The first kappa shape index (κ1) is 9.94. The van der Waals surface area contributed by atoms with Crippen LogP contribution in [-0.2, 0) is 10.2 Å². The van der Waals surface area contributed by atoms with Crippen LogP contribution in [0.1, 0.15) is 11.1 Å². The van der Waals surface area contributed by atoms with Crippen molar-refractivity contribution in [2.75, 3.05) is 19.1 Å². The van der Waals surface area contributed by atoms with Gasteiger partial charge in [0.15, 0.2) is 0 Å². The van der Waals surface area contributed by atoms with Gasteiger partial charge in [0.1, 0.15) is 5.82 Å². The summed E-state index contributed by atoms with van der Waals surface area (Å²) in [5.41, 5.74) is 1.66. The number of alkyl halides is 1. The number of hydrogen-bond donors (Lipinski definition) is 0. The van der Waals surface area contributed by atoms with Gasteiger partial charge in [-0.1, -0.05) is 12.1 Å². The smallest absolute Gasteiger partial charge is 0.126 e. The molecule has 14 heavy (non-hydrogen) atoms. The van der Waals surface area contributed by atoms with E-state index >= 15 is 0 Å². The normalized spacial score (nSPS) is 19.1. The maximum Gasteiger partial charge on any atom is 0.126 e. The van der Waals surface area contributed by atoms with E-state index in [9.17, 15) is 4.39 Å². The summed E-state index contributed by atoms with van der Waals surface area (Å²) in [5.74, 6) is 0.358. The molecule has 0 atom stereocenters. The van der Waals surface area contributed by atoms with E-state index in [0.717, 1.165) is 5.56 Å². The van der Waals surface area contributed by atoms with Gasteiger partial charge in [0.05, 0.1) is 18.6 Å². The van der Waals surface area contributed by atoms with Gasteiger partial charge in [-0.05, 0) is 24.1 Å². The fraction of sp³-hybridized carbons (Fsp3) is 0.455. The Bertz CT molecular complexity index is 342. The predicted molar refractivity (Wildman–Crippen MR) is 54.4 cm³/mol. The van der Waals surface area contributed by atoms with Crippen molar-refractivity contribution in [1.82, 2.24) is 0 Å². The van der Waals surface area contributed by atoms with Crippen LogP contribution in [0.4, 0.5) is 4.39 Å². The molecule has 0 aromatic heterocycles. The second-order valence-electron chi connectivity index (χ2n) is 3.87. The van der Waals surface area contributed by atoms with Crippen molar-refractivity contribution in [2.24, 2.45) is 0 Å². The lowest BCUT2D eigenvalue weighted by atomic mass is 9.80. The Morgan fingerprint density at radius 2 is 2.21 bits per heavy atom. The highest BCUT2D eigenvalue weighted by Crippen LogP contribution is 2.34. The first-order valence-electron chi connectivity index (χ1n) is 4.58. The zero-order chi connectivity index (χ0) is 10.2. The molecule has 1 nitrogen and oxygen atoms in total. The Kier molecular flexibility index (Phi) is 2.50. The van der Waals surface area contributed by atoms with Crippen LogP contribution in [0.2, 0.25) is 0 Å². The second kappa shape index (κ2) is 3.52. The third kappa shape index (κ3) is 1.43.